The lowest BCUT2D eigenvalue weighted by atomic mass is 10.1. The third-order valence-electron chi connectivity index (χ3n) is 10.2. The zero-order valence-electron chi connectivity index (χ0n) is 42.3. The summed E-state index contributed by atoms with van der Waals surface area (Å²) in [4.78, 5) is 38.0. The molecule has 0 aliphatic heterocycles. The molecule has 1 atom stereocenters. The number of unbranched alkanes of at least 4 members (excludes halogenated alkanes) is 13. The predicted molar refractivity (Wildman–Crippen MR) is 288 cm³/mol. The molecule has 6 heteroatoms. The van der Waals surface area contributed by atoms with Gasteiger partial charge in [-0.3, -0.25) is 14.4 Å². The Kier molecular flexibility index (Phi) is 49.7. The normalized spacial score (nSPS) is 13.4. The summed E-state index contributed by atoms with van der Waals surface area (Å²) in [7, 11) is 0. The number of ether oxygens (including phenoxy) is 3. The molecule has 0 aliphatic rings. The van der Waals surface area contributed by atoms with Crippen LogP contribution in [0.3, 0.4) is 0 Å². The van der Waals surface area contributed by atoms with Crippen molar-refractivity contribution >= 4 is 17.9 Å². The summed E-state index contributed by atoms with van der Waals surface area (Å²) >= 11 is 0. The molecule has 67 heavy (non-hydrogen) atoms. The first-order valence-electron chi connectivity index (χ1n) is 26.1. The zero-order chi connectivity index (χ0) is 48.6. The second-order valence-electron chi connectivity index (χ2n) is 16.5. The molecule has 0 heterocycles. The first-order chi connectivity index (χ1) is 33.0. The Bertz CT molecular complexity index is 1570. The number of hydrogen-bond donors (Lipinski definition) is 0. The summed E-state index contributed by atoms with van der Waals surface area (Å²) in [6.07, 6.45) is 78.0. The lowest BCUT2D eigenvalue weighted by molar-refractivity contribution is -0.166. The van der Waals surface area contributed by atoms with E-state index in [1.807, 2.05) is 48.6 Å². The van der Waals surface area contributed by atoms with Gasteiger partial charge in [0.05, 0.1) is 0 Å². The third-order valence-corrected chi connectivity index (χ3v) is 10.2. The van der Waals surface area contributed by atoms with Crippen molar-refractivity contribution in [1.82, 2.24) is 0 Å². The minimum atomic E-state index is -0.842. The predicted octanol–water partition coefficient (Wildman–Crippen LogP) is 17.4. The average molecular weight is 921 g/mol. The van der Waals surface area contributed by atoms with Crippen LogP contribution in [0.4, 0.5) is 0 Å². The van der Waals surface area contributed by atoms with Gasteiger partial charge in [0.1, 0.15) is 13.2 Å². The molecule has 372 valence electrons. The summed E-state index contributed by atoms with van der Waals surface area (Å²) in [6.45, 7) is 6.18. The van der Waals surface area contributed by atoms with Crippen LogP contribution in [0.2, 0.25) is 0 Å². The topological polar surface area (TPSA) is 78.9 Å². The lowest BCUT2D eigenvalue weighted by Gasteiger charge is -2.18. The molecule has 0 amide bonds. The van der Waals surface area contributed by atoms with Gasteiger partial charge in [-0.05, 0) is 89.9 Å². The molecule has 0 saturated carbocycles. The fourth-order valence-corrected chi connectivity index (χ4v) is 6.34. The van der Waals surface area contributed by atoms with E-state index >= 15 is 0 Å². The number of hydrogen-bond acceptors (Lipinski definition) is 6. The average Bonchev–Trinajstić information content (AvgIpc) is 3.33. The van der Waals surface area contributed by atoms with Crippen LogP contribution < -0.4 is 0 Å². The molecule has 0 aromatic heterocycles. The molecule has 0 saturated heterocycles. The number of rotatable bonds is 44. The van der Waals surface area contributed by atoms with E-state index in [9.17, 15) is 14.4 Å². The first kappa shape index (κ1) is 62.0. The van der Waals surface area contributed by atoms with Gasteiger partial charge in [0.2, 0.25) is 0 Å². The van der Waals surface area contributed by atoms with E-state index < -0.39 is 12.1 Å². The van der Waals surface area contributed by atoms with Crippen LogP contribution in [-0.4, -0.2) is 37.2 Å². The lowest BCUT2D eigenvalue weighted by Crippen LogP contribution is -2.30. The van der Waals surface area contributed by atoms with Crippen LogP contribution in [0.1, 0.15) is 188 Å². The number of carbonyl (C=O) groups is 3. The van der Waals surface area contributed by atoms with Crippen molar-refractivity contribution in [2.45, 2.75) is 194 Å². The van der Waals surface area contributed by atoms with Crippen molar-refractivity contribution in [2.75, 3.05) is 13.2 Å². The molecule has 0 radical (unpaired) electrons. The van der Waals surface area contributed by atoms with Crippen LogP contribution in [0.5, 0.6) is 0 Å². The Labute approximate surface area is 409 Å². The maximum atomic E-state index is 12.8. The van der Waals surface area contributed by atoms with E-state index in [-0.39, 0.29) is 31.6 Å². The van der Waals surface area contributed by atoms with Gasteiger partial charge < -0.3 is 14.2 Å². The van der Waals surface area contributed by atoms with Crippen LogP contribution in [0, 0.1) is 0 Å². The Morgan fingerprint density at radius 3 is 1.12 bits per heavy atom. The van der Waals surface area contributed by atoms with Crippen molar-refractivity contribution < 1.29 is 28.6 Å². The maximum absolute atomic E-state index is 12.8. The fourth-order valence-electron chi connectivity index (χ4n) is 6.34. The van der Waals surface area contributed by atoms with Gasteiger partial charge in [-0.1, -0.05) is 237 Å². The summed E-state index contributed by atoms with van der Waals surface area (Å²) in [5, 5.41) is 0. The van der Waals surface area contributed by atoms with Crippen LogP contribution in [-0.2, 0) is 28.6 Å². The first-order valence-corrected chi connectivity index (χ1v) is 26.1. The van der Waals surface area contributed by atoms with Gasteiger partial charge in [0.15, 0.2) is 6.10 Å². The van der Waals surface area contributed by atoms with Gasteiger partial charge in [-0.15, -0.1) is 0 Å². The van der Waals surface area contributed by atoms with Gasteiger partial charge in [-0.25, -0.2) is 0 Å². The summed E-state index contributed by atoms with van der Waals surface area (Å²) in [5.41, 5.74) is 0. The molecule has 0 bridgehead atoms. The van der Waals surface area contributed by atoms with Crippen molar-refractivity contribution in [2.24, 2.45) is 0 Å². The van der Waals surface area contributed by atoms with Crippen molar-refractivity contribution in [3.8, 4) is 0 Å². The van der Waals surface area contributed by atoms with Gasteiger partial charge >= 0.3 is 17.9 Å². The molecule has 0 aromatic rings. The Morgan fingerprint density at radius 2 is 0.687 bits per heavy atom. The molecule has 0 aliphatic carbocycles. The zero-order valence-corrected chi connectivity index (χ0v) is 42.3. The van der Waals surface area contributed by atoms with Crippen molar-refractivity contribution in [3.63, 3.8) is 0 Å². The van der Waals surface area contributed by atoms with Gasteiger partial charge in [0, 0.05) is 19.3 Å². The minimum Gasteiger partial charge on any atom is -0.462 e. The molecule has 1 unspecified atom stereocenters. The maximum Gasteiger partial charge on any atom is 0.306 e. The monoisotopic (exact) mass is 921 g/mol. The molecular weight excluding hydrogens is 829 g/mol. The molecule has 0 aromatic carbocycles. The van der Waals surface area contributed by atoms with Gasteiger partial charge in [-0.2, -0.15) is 0 Å². The van der Waals surface area contributed by atoms with E-state index in [0.29, 0.717) is 19.3 Å². The standard InChI is InChI=1S/C61H92O6/c1-4-7-10-13-16-19-22-25-28-30-31-34-36-39-42-45-48-51-54-60(63)66-57-58(56-65-59(62)53-50-47-44-41-38-35-32-27-24-21-18-15-12-9-6-3)67-61(64)55-52-49-46-43-40-37-33-29-26-23-20-17-14-11-8-5-2/h8-13,15-22,24-26,28-31,34,37,40,46,49,58H,4-7,14,23,27,32-33,35-36,38-39,41-45,47-48,50-57H2,1-3H3/b11-8-,12-9-,13-10-,18-15-,19-16-,20-17-,24-21-,25-22-,29-26-,30-28-,34-31-,40-37-,49-46-. The number of esters is 3. The smallest absolute Gasteiger partial charge is 0.306 e. The molecule has 0 spiro atoms. The highest BCUT2D eigenvalue weighted by molar-refractivity contribution is 5.71. The Balaban J connectivity index is 4.61. The highest BCUT2D eigenvalue weighted by Crippen LogP contribution is 2.12. The highest BCUT2D eigenvalue weighted by atomic mass is 16.6. The van der Waals surface area contributed by atoms with Gasteiger partial charge in [0.25, 0.3) is 0 Å². The largest absolute Gasteiger partial charge is 0.462 e. The summed E-state index contributed by atoms with van der Waals surface area (Å²) in [5.74, 6) is -1.06. The molecular formula is C61H92O6. The molecule has 0 fully saturated rings. The quantitative estimate of drug-likeness (QED) is 0.0199. The number of carbonyl (C=O) groups excluding carboxylic acids is 3. The van der Waals surface area contributed by atoms with E-state index in [4.69, 9.17) is 14.2 Å². The Morgan fingerprint density at radius 1 is 0.328 bits per heavy atom. The fraction of sp³-hybridized carbons (Fsp3) is 0.525. The molecule has 6 nitrogen and oxygen atoms in total. The highest BCUT2D eigenvalue weighted by Gasteiger charge is 2.19. The summed E-state index contributed by atoms with van der Waals surface area (Å²) < 4.78 is 16.7. The van der Waals surface area contributed by atoms with Crippen LogP contribution >= 0.6 is 0 Å². The van der Waals surface area contributed by atoms with Crippen molar-refractivity contribution in [3.05, 3.63) is 158 Å². The summed E-state index contributed by atoms with van der Waals surface area (Å²) in [6, 6.07) is 0. The SMILES string of the molecule is CC\C=C/C=C\C=C/CCCCCCCCCC(=O)OCC(COC(=O)CCCCCCC\C=C/C=C\C=C/C=C\C=C/CCC)OC(=O)CC/C=C\C/C=C\C/C=C\C/C=C\C/C=C\CC. The second-order valence-corrected chi connectivity index (χ2v) is 16.5. The van der Waals surface area contributed by atoms with E-state index in [1.54, 1.807) is 0 Å². The van der Waals surface area contributed by atoms with Crippen LogP contribution in [0.15, 0.2) is 158 Å². The van der Waals surface area contributed by atoms with E-state index in [2.05, 4.69) is 130 Å². The number of allylic oxidation sites excluding steroid dienone is 26. The van der Waals surface area contributed by atoms with Crippen molar-refractivity contribution in [1.29, 1.82) is 0 Å². The van der Waals surface area contributed by atoms with E-state index in [0.717, 1.165) is 116 Å². The van der Waals surface area contributed by atoms with Crippen LogP contribution in [0.25, 0.3) is 0 Å². The van der Waals surface area contributed by atoms with E-state index in [1.165, 1.54) is 25.7 Å². The Hall–Kier alpha value is -4.97. The second kappa shape index (κ2) is 53.6. The third kappa shape index (κ3) is 51.9. The molecule has 0 N–H and O–H groups in total. The molecule has 0 rings (SSSR count). The minimum absolute atomic E-state index is 0.130.